The van der Waals surface area contributed by atoms with E-state index in [4.69, 9.17) is 14.2 Å². The summed E-state index contributed by atoms with van der Waals surface area (Å²) in [6.07, 6.45) is 4.81. The molecule has 1 saturated carbocycles. The number of carbonyl (C=O) groups excluding carboxylic acids is 1. The van der Waals surface area contributed by atoms with E-state index in [2.05, 4.69) is 26.8 Å². The van der Waals surface area contributed by atoms with Crippen molar-refractivity contribution in [2.75, 3.05) is 19.7 Å². The van der Waals surface area contributed by atoms with Crippen molar-refractivity contribution in [3.8, 4) is 16.9 Å². The van der Waals surface area contributed by atoms with E-state index in [1.807, 2.05) is 43.1 Å². The minimum atomic E-state index is -0.0863. The molecule has 0 bridgehead atoms. The number of hydrogen-bond donors (Lipinski definition) is 0. The van der Waals surface area contributed by atoms with E-state index in [0.717, 1.165) is 83.2 Å². The third kappa shape index (κ3) is 3.19. The molecule has 2 fully saturated rings. The third-order valence-corrected chi connectivity index (χ3v) is 7.65. The van der Waals surface area contributed by atoms with Gasteiger partial charge in [-0.05, 0) is 57.4 Å². The van der Waals surface area contributed by atoms with E-state index in [-0.39, 0.29) is 17.9 Å². The van der Waals surface area contributed by atoms with E-state index in [9.17, 15) is 4.79 Å². The van der Waals surface area contributed by atoms with Crippen LogP contribution in [0, 0.1) is 19.8 Å². The summed E-state index contributed by atoms with van der Waals surface area (Å²) in [5.74, 6) is 3.34. The summed E-state index contributed by atoms with van der Waals surface area (Å²) < 4.78 is 14.3. The van der Waals surface area contributed by atoms with Gasteiger partial charge in [0, 0.05) is 36.7 Å². The van der Waals surface area contributed by atoms with Crippen LogP contribution in [0.4, 0.5) is 0 Å². The largest absolute Gasteiger partial charge is 0.488 e. The van der Waals surface area contributed by atoms with Crippen molar-refractivity contribution in [1.29, 1.82) is 0 Å². The topological polar surface area (TPSA) is 86.3 Å². The van der Waals surface area contributed by atoms with Crippen LogP contribution in [-0.4, -0.2) is 50.2 Å². The Morgan fingerprint density at radius 1 is 1.11 bits per heavy atom. The van der Waals surface area contributed by atoms with Crippen molar-refractivity contribution in [2.24, 2.45) is 5.92 Å². The highest BCUT2D eigenvalue weighted by atomic mass is 16.5. The van der Waals surface area contributed by atoms with Crippen molar-refractivity contribution in [1.82, 2.24) is 24.6 Å². The number of rotatable bonds is 4. The number of likely N-dealkylation sites (tertiary alicyclic amines) is 1. The maximum atomic E-state index is 12.8. The zero-order valence-corrected chi connectivity index (χ0v) is 19.9. The normalized spacial score (nSPS) is 21.5. The second kappa shape index (κ2) is 7.66. The van der Waals surface area contributed by atoms with E-state index in [0.29, 0.717) is 12.5 Å². The molecular formula is C27H27N5O3. The van der Waals surface area contributed by atoms with Gasteiger partial charge in [-0.15, -0.1) is 0 Å². The lowest BCUT2D eigenvalue weighted by molar-refractivity contribution is -0.131. The molecule has 0 radical (unpaired) electrons. The van der Waals surface area contributed by atoms with Crippen molar-refractivity contribution in [3.63, 3.8) is 0 Å². The molecule has 5 heterocycles. The first-order valence-corrected chi connectivity index (χ1v) is 12.4. The maximum Gasteiger partial charge on any atom is 0.225 e. The Balaban J connectivity index is 1.40. The smallest absolute Gasteiger partial charge is 0.225 e. The number of ether oxygens (including phenoxy) is 1. The highest BCUT2D eigenvalue weighted by Gasteiger charge is 2.40. The van der Waals surface area contributed by atoms with Gasteiger partial charge < -0.3 is 18.7 Å². The standard InChI is InChI=1S/C27H27N5O3/c1-15-23(16(2)35-30-15)19-8-9-21-24-25(19)34-14-22(20-5-3-4-11-28-20)32(24)26(29-21)18-10-12-31(13-18)27(33)17-6-7-17/h3-5,8-9,11,17-18,22H,6-7,10,12-14H2,1-2H3/t18?,22-/m0/s1. The zero-order valence-electron chi connectivity index (χ0n) is 19.9. The summed E-state index contributed by atoms with van der Waals surface area (Å²) in [6, 6.07) is 10.0. The lowest BCUT2D eigenvalue weighted by Gasteiger charge is -2.29. The summed E-state index contributed by atoms with van der Waals surface area (Å²) in [6.45, 7) is 5.86. The van der Waals surface area contributed by atoms with Crippen LogP contribution in [0.15, 0.2) is 41.1 Å². The highest BCUT2D eigenvalue weighted by molar-refractivity contribution is 5.93. The first kappa shape index (κ1) is 20.7. The van der Waals surface area contributed by atoms with Crippen LogP contribution in [0.3, 0.4) is 0 Å². The minimum absolute atomic E-state index is 0.0863. The molecule has 0 spiro atoms. The molecular weight excluding hydrogens is 442 g/mol. The second-order valence-corrected chi connectivity index (χ2v) is 9.97. The molecule has 178 valence electrons. The molecule has 7 rings (SSSR count). The first-order valence-electron chi connectivity index (χ1n) is 12.4. The van der Waals surface area contributed by atoms with Gasteiger partial charge in [-0.1, -0.05) is 11.2 Å². The Labute approximate surface area is 202 Å². The number of imidazole rings is 1. The lowest BCUT2D eigenvalue weighted by atomic mass is 10.0. The molecule has 35 heavy (non-hydrogen) atoms. The molecule has 1 saturated heterocycles. The van der Waals surface area contributed by atoms with Crippen LogP contribution in [0.25, 0.3) is 22.2 Å². The summed E-state index contributed by atoms with van der Waals surface area (Å²) >= 11 is 0. The number of nitrogens with zero attached hydrogens (tertiary/aromatic N) is 5. The summed E-state index contributed by atoms with van der Waals surface area (Å²) in [7, 11) is 0. The second-order valence-electron chi connectivity index (χ2n) is 9.97. The number of aromatic nitrogens is 4. The fraction of sp³-hybridized carbons (Fsp3) is 0.407. The summed E-state index contributed by atoms with van der Waals surface area (Å²) in [5, 5.41) is 4.16. The van der Waals surface area contributed by atoms with Gasteiger partial charge in [0.2, 0.25) is 5.91 Å². The van der Waals surface area contributed by atoms with E-state index in [1.165, 1.54) is 0 Å². The Hall–Kier alpha value is -3.68. The average Bonchev–Trinajstić information content (AvgIpc) is 3.34. The lowest BCUT2D eigenvalue weighted by Crippen LogP contribution is -2.30. The number of benzene rings is 1. The van der Waals surface area contributed by atoms with Crippen LogP contribution in [0.5, 0.6) is 5.75 Å². The Morgan fingerprint density at radius 3 is 2.74 bits per heavy atom. The first-order chi connectivity index (χ1) is 17.1. The van der Waals surface area contributed by atoms with Gasteiger partial charge in [0.15, 0.2) is 5.75 Å². The Bertz CT molecular complexity index is 1430. The van der Waals surface area contributed by atoms with E-state index in [1.54, 1.807) is 0 Å². The molecule has 1 amide bonds. The van der Waals surface area contributed by atoms with E-state index < -0.39 is 0 Å². The number of pyridine rings is 1. The SMILES string of the molecule is Cc1noc(C)c1-c1ccc2nc(C3CCN(C(=O)C4CC4)C3)n3c2c1OC[C@H]3c1ccccn1. The molecule has 1 unspecified atom stereocenters. The molecule has 8 nitrogen and oxygen atoms in total. The van der Waals surface area contributed by atoms with Crippen molar-refractivity contribution < 1.29 is 14.1 Å². The number of hydrogen-bond acceptors (Lipinski definition) is 6. The molecule has 3 aromatic heterocycles. The molecule has 2 aliphatic heterocycles. The number of amides is 1. The Kier molecular flexibility index (Phi) is 4.53. The highest BCUT2D eigenvalue weighted by Crippen LogP contribution is 2.46. The fourth-order valence-corrected chi connectivity index (χ4v) is 5.78. The third-order valence-electron chi connectivity index (χ3n) is 7.65. The van der Waals surface area contributed by atoms with Crippen LogP contribution < -0.4 is 4.74 Å². The van der Waals surface area contributed by atoms with Gasteiger partial charge in [-0.25, -0.2) is 4.98 Å². The van der Waals surface area contributed by atoms with Crippen molar-refractivity contribution >= 4 is 16.9 Å². The van der Waals surface area contributed by atoms with Crippen molar-refractivity contribution in [2.45, 2.75) is 45.1 Å². The summed E-state index contributed by atoms with van der Waals surface area (Å²) in [5.41, 5.74) is 5.60. The average molecular weight is 470 g/mol. The van der Waals surface area contributed by atoms with Crippen LogP contribution in [0.2, 0.25) is 0 Å². The zero-order chi connectivity index (χ0) is 23.7. The fourth-order valence-electron chi connectivity index (χ4n) is 5.78. The predicted octanol–water partition coefficient (Wildman–Crippen LogP) is 4.41. The molecule has 3 aliphatic rings. The monoisotopic (exact) mass is 469 g/mol. The molecule has 8 heteroatoms. The van der Waals surface area contributed by atoms with Gasteiger partial charge >= 0.3 is 0 Å². The Morgan fingerprint density at radius 2 is 2.00 bits per heavy atom. The van der Waals surface area contributed by atoms with Crippen LogP contribution in [-0.2, 0) is 4.79 Å². The van der Waals surface area contributed by atoms with Gasteiger partial charge in [-0.2, -0.15) is 0 Å². The quantitative estimate of drug-likeness (QED) is 0.440. The summed E-state index contributed by atoms with van der Waals surface area (Å²) in [4.78, 5) is 24.6. The van der Waals surface area contributed by atoms with E-state index >= 15 is 0 Å². The predicted molar refractivity (Wildman–Crippen MR) is 129 cm³/mol. The van der Waals surface area contributed by atoms with Gasteiger partial charge in [0.25, 0.3) is 0 Å². The molecule has 2 atom stereocenters. The molecule has 1 aromatic carbocycles. The maximum absolute atomic E-state index is 12.8. The molecule has 1 aliphatic carbocycles. The van der Waals surface area contributed by atoms with Crippen molar-refractivity contribution in [3.05, 3.63) is 59.5 Å². The number of aryl methyl sites for hydroxylation is 2. The van der Waals surface area contributed by atoms with Gasteiger partial charge in [-0.3, -0.25) is 9.78 Å². The molecule has 4 aromatic rings. The van der Waals surface area contributed by atoms with Gasteiger partial charge in [0.05, 0.1) is 22.5 Å². The van der Waals surface area contributed by atoms with Crippen LogP contribution >= 0.6 is 0 Å². The molecule has 0 N–H and O–H groups in total. The van der Waals surface area contributed by atoms with Gasteiger partial charge in [0.1, 0.15) is 29.8 Å². The van der Waals surface area contributed by atoms with Crippen LogP contribution in [0.1, 0.15) is 54.2 Å². The minimum Gasteiger partial charge on any atom is -0.488 e. The number of carbonyl (C=O) groups is 1.